The van der Waals surface area contributed by atoms with Crippen LogP contribution in [0.5, 0.6) is 0 Å². The average Bonchev–Trinajstić information content (AvgIpc) is 3.03. The topological polar surface area (TPSA) is 79.4 Å². The molecule has 0 fully saturated rings. The normalized spacial score (nSPS) is 11.7. The first-order valence-electron chi connectivity index (χ1n) is 6.70. The number of aryl methyl sites for hydroxylation is 2. The number of aliphatic imine (C=N–C) groups is 1. The van der Waals surface area contributed by atoms with Crippen molar-refractivity contribution in [2.45, 2.75) is 26.8 Å². The van der Waals surface area contributed by atoms with Gasteiger partial charge in [-0.3, -0.25) is 4.99 Å². The van der Waals surface area contributed by atoms with Gasteiger partial charge in [0.05, 0.1) is 17.2 Å². The number of hydrogen-bond donors (Lipinski definition) is 1. The van der Waals surface area contributed by atoms with E-state index in [2.05, 4.69) is 30.8 Å². The zero-order chi connectivity index (χ0) is 15.2. The van der Waals surface area contributed by atoms with Gasteiger partial charge in [-0.05, 0) is 13.8 Å². The van der Waals surface area contributed by atoms with Crippen molar-refractivity contribution in [3.05, 3.63) is 27.8 Å². The van der Waals surface area contributed by atoms with Crippen molar-refractivity contribution < 1.29 is 4.52 Å². The molecular weight excluding hydrogens is 288 g/mol. The molecule has 0 amide bonds. The molecule has 2 heterocycles. The van der Waals surface area contributed by atoms with Crippen LogP contribution in [0, 0.1) is 13.8 Å². The lowest BCUT2D eigenvalue weighted by molar-refractivity contribution is 0.373. The van der Waals surface area contributed by atoms with E-state index in [4.69, 9.17) is 4.52 Å². The largest absolute Gasteiger partial charge is 0.356 e. The van der Waals surface area contributed by atoms with Crippen LogP contribution in [-0.2, 0) is 13.0 Å². The van der Waals surface area contributed by atoms with E-state index in [-0.39, 0.29) is 0 Å². The third-order valence-electron chi connectivity index (χ3n) is 2.83. The Bertz CT molecular complexity index is 605. The Kier molecular flexibility index (Phi) is 5.26. The highest BCUT2D eigenvalue weighted by Crippen LogP contribution is 2.09. The maximum Gasteiger partial charge on any atom is 0.228 e. The summed E-state index contributed by atoms with van der Waals surface area (Å²) in [6, 6.07) is 0. The number of thiazole rings is 1. The van der Waals surface area contributed by atoms with Crippen molar-refractivity contribution in [1.29, 1.82) is 0 Å². The average molecular weight is 308 g/mol. The van der Waals surface area contributed by atoms with E-state index >= 15 is 0 Å². The van der Waals surface area contributed by atoms with Crippen molar-refractivity contribution in [2.24, 2.45) is 4.99 Å². The molecule has 0 bridgehead atoms. The third-order valence-corrected chi connectivity index (χ3v) is 3.65. The maximum atomic E-state index is 5.08. The monoisotopic (exact) mass is 308 g/mol. The lowest BCUT2D eigenvalue weighted by atomic mass is 10.4. The molecule has 0 saturated carbocycles. The molecule has 21 heavy (non-hydrogen) atoms. The van der Waals surface area contributed by atoms with Crippen LogP contribution >= 0.6 is 11.3 Å². The minimum Gasteiger partial charge on any atom is -0.356 e. The minimum absolute atomic E-state index is 0.633. The summed E-state index contributed by atoms with van der Waals surface area (Å²) in [7, 11) is 3.75. The van der Waals surface area contributed by atoms with E-state index in [1.165, 1.54) is 0 Å². The fourth-order valence-electron chi connectivity index (χ4n) is 1.91. The number of rotatable bonds is 5. The Morgan fingerprint density at radius 1 is 1.43 bits per heavy atom. The van der Waals surface area contributed by atoms with Gasteiger partial charge in [0.2, 0.25) is 5.89 Å². The third kappa shape index (κ3) is 4.52. The van der Waals surface area contributed by atoms with Crippen LogP contribution in [0.25, 0.3) is 0 Å². The first-order chi connectivity index (χ1) is 10.1. The molecular formula is C13H20N6OS. The molecule has 8 heteroatoms. The van der Waals surface area contributed by atoms with Crippen molar-refractivity contribution >= 4 is 17.3 Å². The molecule has 0 aliphatic rings. The maximum absolute atomic E-state index is 5.08. The van der Waals surface area contributed by atoms with Crippen LogP contribution in [0.15, 0.2) is 14.9 Å². The SMILES string of the molecule is CN=C(NCCc1nc(C)no1)N(C)Cc1csc(C)n1. The summed E-state index contributed by atoms with van der Waals surface area (Å²) in [6.07, 6.45) is 0.670. The van der Waals surface area contributed by atoms with Gasteiger partial charge < -0.3 is 14.7 Å². The van der Waals surface area contributed by atoms with Gasteiger partial charge in [0.15, 0.2) is 11.8 Å². The number of nitrogens with zero attached hydrogens (tertiary/aromatic N) is 5. The summed E-state index contributed by atoms with van der Waals surface area (Å²) < 4.78 is 5.08. The smallest absolute Gasteiger partial charge is 0.228 e. The van der Waals surface area contributed by atoms with Crippen LogP contribution < -0.4 is 5.32 Å². The van der Waals surface area contributed by atoms with E-state index in [1.807, 2.05) is 25.8 Å². The second kappa shape index (κ2) is 7.16. The van der Waals surface area contributed by atoms with Crippen molar-refractivity contribution in [3.63, 3.8) is 0 Å². The highest BCUT2D eigenvalue weighted by Gasteiger charge is 2.09. The molecule has 0 aliphatic heterocycles. The predicted octanol–water partition coefficient (Wildman–Crippen LogP) is 1.39. The van der Waals surface area contributed by atoms with E-state index in [0.29, 0.717) is 24.7 Å². The van der Waals surface area contributed by atoms with Crippen LogP contribution in [-0.4, -0.2) is 46.6 Å². The lowest BCUT2D eigenvalue weighted by Gasteiger charge is -2.20. The van der Waals surface area contributed by atoms with Gasteiger partial charge in [-0.25, -0.2) is 4.98 Å². The highest BCUT2D eigenvalue weighted by atomic mass is 32.1. The summed E-state index contributed by atoms with van der Waals surface area (Å²) in [5.74, 6) is 2.11. The zero-order valence-electron chi connectivity index (χ0n) is 12.8. The van der Waals surface area contributed by atoms with Gasteiger partial charge in [0.25, 0.3) is 0 Å². The molecule has 114 valence electrons. The predicted molar refractivity (Wildman–Crippen MR) is 82.4 cm³/mol. The fraction of sp³-hybridized carbons (Fsp3) is 0.538. The summed E-state index contributed by atoms with van der Waals surface area (Å²) in [4.78, 5) is 14.9. The molecule has 2 rings (SSSR count). The van der Waals surface area contributed by atoms with E-state index in [9.17, 15) is 0 Å². The Labute approximate surface area is 128 Å². The van der Waals surface area contributed by atoms with Gasteiger partial charge in [-0.2, -0.15) is 4.98 Å². The van der Waals surface area contributed by atoms with Gasteiger partial charge in [-0.1, -0.05) is 5.16 Å². The number of hydrogen-bond acceptors (Lipinski definition) is 6. The molecule has 2 aromatic rings. The molecule has 2 aromatic heterocycles. The molecule has 0 atom stereocenters. The summed E-state index contributed by atoms with van der Waals surface area (Å²) in [6.45, 7) is 5.23. The molecule has 0 spiro atoms. The van der Waals surface area contributed by atoms with Gasteiger partial charge >= 0.3 is 0 Å². The Balaban J connectivity index is 1.82. The number of aromatic nitrogens is 3. The molecule has 7 nitrogen and oxygen atoms in total. The van der Waals surface area contributed by atoms with Crippen molar-refractivity contribution in [1.82, 2.24) is 25.3 Å². The van der Waals surface area contributed by atoms with Gasteiger partial charge in [0.1, 0.15) is 0 Å². The molecule has 0 aliphatic carbocycles. The second-order valence-corrected chi connectivity index (χ2v) is 5.74. The highest BCUT2D eigenvalue weighted by molar-refractivity contribution is 7.09. The van der Waals surface area contributed by atoms with Crippen LogP contribution in [0.2, 0.25) is 0 Å². The van der Waals surface area contributed by atoms with Crippen molar-refractivity contribution in [2.75, 3.05) is 20.6 Å². The number of guanidine groups is 1. The Hall–Kier alpha value is -1.96. The molecule has 0 saturated heterocycles. The fourth-order valence-corrected chi connectivity index (χ4v) is 2.51. The minimum atomic E-state index is 0.633. The van der Waals surface area contributed by atoms with E-state index in [1.54, 1.807) is 18.4 Å². The molecule has 0 aromatic carbocycles. The van der Waals surface area contributed by atoms with E-state index in [0.717, 1.165) is 23.2 Å². The van der Waals surface area contributed by atoms with Crippen LogP contribution in [0.1, 0.15) is 22.4 Å². The number of nitrogens with one attached hydrogen (secondary N) is 1. The first kappa shape index (κ1) is 15.4. The van der Waals surface area contributed by atoms with Crippen LogP contribution in [0.4, 0.5) is 0 Å². The first-order valence-corrected chi connectivity index (χ1v) is 7.58. The quantitative estimate of drug-likeness (QED) is 0.664. The molecule has 0 unspecified atom stereocenters. The van der Waals surface area contributed by atoms with Crippen LogP contribution in [0.3, 0.4) is 0 Å². The van der Waals surface area contributed by atoms with E-state index < -0.39 is 0 Å². The van der Waals surface area contributed by atoms with Gasteiger partial charge in [-0.15, -0.1) is 11.3 Å². The Morgan fingerprint density at radius 2 is 2.24 bits per heavy atom. The lowest BCUT2D eigenvalue weighted by Crippen LogP contribution is -2.39. The summed E-state index contributed by atoms with van der Waals surface area (Å²) >= 11 is 1.66. The molecule has 0 radical (unpaired) electrons. The summed E-state index contributed by atoms with van der Waals surface area (Å²) in [5.41, 5.74) is 1.05. The molecule has 1 N–H and O–H groups in total. The standard InChI is InChI=1S/C13H20N6OS/c1-9-16-12(20-18-9)5-6-15-13(14-3)19(4)7-11-8-21-10(2)17-11/h8H,5-7H2,1-4H3,(H,14,15). The van der Waals surface area contributed by atoms with Crippen molar-refractivity contribution in [3.8, 4) is 0 Å². The second-order valence-electron chi connectivity index (χ2n) is 4.67. The van der Waals surface area contributed by atoms with Gasteiger partial charge in [0, 0.05) is 32.4 Å². The summed E-state index contributed by atoms with van der Waals surface area (Å²) in [5, 5.41) is 10.2. The Morgan fingerprint density at radius 3 is 2.81 bits per heavy atom. The zero-order valence-corrected chi connectivity index (χ0v) is 13.6.